The molecule has 324 valence electrons. The van der Waals surface area contributed by atoms with Crippen LogP contribution >= 0.6 is 0 Å². The highest BCUT2D eigenvalue weighted by Crippen LogP contribution is 2.67. The first-order valence-electron chi connectivity index (χ1n) is 24.4. The number of ether oxygens (including phenoxy) is 3. The molecule has 0 heterocycles. The minimum Gasteiger partial charge on any atom is -0.497 e. The van der Waals surface area contributed by atoms with Crippen molar-refractivity contribution in [1.82, 2.24) is 0 Å². The molecule has 0 aliphatic heterocycles. The summed E-state index contributed by atoms with van der Waals surface area (Å²) in [5.74, 6) is 4.33. The SMILES string of the molecule is COc1ccc(C2CC(C(=O)OC3C4CC5CC(C4)CC3C5)(C(=O)OC3C4CC5CC(C4)CC3C5)C3(O[Si](c4ccccc4)(c4ccccc4)C(C)(C)C)CCCCC23)cc1. The Balaban J connectivity index is 1.12. The molecule has 10 aliphatic carbocycles. The number of hydrogen-bond donors (Lipinski definition) is 0. The summed E-state index contributed by atoms with van der Waals surface area (Å²) in [7, 11) is -1.64. The molecule has 0 spiro atoms. The van der Waals surface area contributed by atoms with Gasteiger partial charge in [0, 0.05) is 0 Å². The topological polar surface area (TPSA) is 71.1 Å². The Hall–Kier alpha value is -3.42. The molecule has 10 aliphatic rings. The molecule has 0 radical (unpaired) electrons. The molecule has 13 rings (SSSR count). The summed E-state index contributed by atoms with van der Waals surface area (Å²) < 4.78 is 28.7. The molecule has 0 saturated heterocycles. The number of benzene rings is 3. The third-order valence-electron chi connectivity index (χ3n) is 18.4. The van der Waals surface area contributed by atoms with Gasteiger partial charge in [0.2, 0.25) is 0 Å². The number of fused-ring (bicyclic) bond motifs is 1. The van der Waals surface area contributed by atoms with Crippen molar-refractivity contribution in [2.45, 2.75) is 146 Å². The lowest BCUT2D eigenvalue weighted by Crippen LogP contribution is -2.74. The first kappa shape index (κ1) is 40.4. The van der Waals surface area contributed by atoms with Crippen LogP contribution in [0, 0.1) is 58.7 Å². The van der Waals surface area contributed by atoms with Crippen molar-refractivity contribution in [3.8, 4) is 5.75 Å². The van der Waals surface area contributed by atoms with E-state index in [1.807, 2.05) is 12.1 Å². The lowest BCUT2D eigenvalue weighted by atomic mass is 9.55. The van der Waals surface area contributed by atoms with E-state index in [0.29, 0.717) is 36.5 Å². The predicted octanol–water partition coefficient (Wildman–Crippen LogP) is 10.4. The summed E-state index contributed by atoms with van der Waals surface area (Å²) >= 11 is 0. The Labute approximate surface area is 365 Å². The van der Waals surface area contributed by atoms with Crippen molar-refractivity contribution in [3.63, 3.8) is 0 Å². The monoisotopic (exact) mass is 840 g/mol. The van der Waals surface area contributed by atoms with Crippen molar-refractivity contribution in [2.24, 2.45) is 58.7 Å². The molecule has 6 nitrogen and oxygen atoms in total. The van der Waals surface area contributed by atoms with Crippen molar-refractivity contribution in [3.05, 3.63) is 90.5 Å². The van der Waals surface area contributed by atoms with Crippen molar-refractivity contribution in [1.29, 1.82) is 0 Å². The van der Waals surface area contributed by atoms with E-state index in [4.69, 9.17) is 18.6 Å². The molecule has 3 aromatic rings. The highest BCUT2D eigenvalue weighted by atomic mass is 28.4. The normalized spacial score (nSPS) is 39.5. The Morgan fingerprint density at radius 2 is 1.07 bits per heavy atom. The molecule has 0 aromatic heterocycles. The fourth-order valence-corrected chi connectivity index (χ4v) is 21.3. The lowest BCUT2D eigenvalue weighted by molar-refractivity contribution is -0.216. The predicted molar refractivity (Wildman–Crippen MR) is 240 cm³/mol. The van der Waals surface area contributed by atoms with Gasteiger partial charge in [0.1, 0.15) is 18.0 Å². The van der Waals surface area contributed by atoms with Crippen LogP contribution in [0.25, 0.3) is 0 Å². The fraction of sp³-hybridized carbons (Fsp3) is 0.630. The average molecular weight is 841 g/mol. The minimum absolute atomic E-state index is 0.103. The van der Waals surface area contributed by atoms with E-state index in [0.717, 1.165) is 116 Å². The molecule has 3 aromatic carbocycles. The van der Waals surface area contributed by atoms with Gasteiger partial charge in [0.15, 0.2) is 5.41 Å². The molecule has 7 heteroatoms. The summed E-state index contributed by atoms with van der Waals surface area (Å²) in [4.78, 5) is 33.0. The van der Waals surface area contributed by atoms with Gasteiger partial charge in [-0.25, -0.2) is 0 Å². The van der Waals surface area contributed by atoms with Gasteiger partial charge in [-0.1, -0.05) is 106 Å². The summed E-state index contributed by atoms with van der Waals surface area (Å²) in [6, 6.07) is 30.1. The number of rotatable bonds is 10. The van der Waals surface area contributed by atoms with Crippen LogP contribution in [0.1, 0.15) is 129 Å². The second-order valence-electron chi connectivity index (χ2n) is 22.6. The Bertz CT molecular complexity index is 1940. The molecular weight excluding hydrogens is 773 g/mol. The van der Waals surface area contributed by atoms with E-state index in [2.05, 4.69) is 93.6 Å². The van der Waals surface area contributed by atoms with Gasteiger partial charge in [-0.05, 0) is 176 Å². The number of methoxy groups -OCH3 is 1. The van der Waals surface area contributed by atoms with Crippen LogP contribution in [0.2, 0.25) is 5.04 Å². The number of carbonyl (C=O) groups excluding carboxylic acids is 2. The molecular formula is C54H68O6Si. The quantitative estimate of drug-likeness (QED) is 0.115. The number of carbonyl (C=O) groups is 2. The van der Waals surface area contributed by atoms with Gasteiger partial charge in [-0.15, -0.1) is 0 Å². The maximum Gasteiger partial charge on any atom is 0.326 e. The van der Waals surface area contributed by atoms with E-state index < -0.39 is 19.3 Å². The van der Waals surface area contributed by atoms with Crippen molar-refractivity contribution < 1.29 is 28.2 Å². The third-order valence-corrected chi connectivity index (χ3v) is 23.5. The largest absolute Gasteiger partial charge is 0.497 e. The Morgan fingerprint density at radius 3 is 1.49 bits per heavy atom. The molecule has 3 unspecified atom stereocenters. The van der Waals surface area contributed by atoms with E-state index in [1.165, 1.54) is 12.8 Å². The van der Waals surface area contributed by atoms with Crippen molar-refractivity contribution >= 4 is 30.6 Å². The first-order valence-corrected chi connectivity index (χ1v) is 26.3. The summed E-state index contributed by atoms with van der Waals surface area (Å²) in [6.45, 7) is 6.97. The second-order valence-corrected chi connectivity index (χ2v) is 26.8. The Kier molecular flexibility index (Phi) is 9.99. The van der Waals surface area contributed by atoms with Crippen molar-refractivity contribution in [2.75, 3.05) is 7.11 Å². The second kappa shape index (κ2) is 15.1. The smallest absolute Gasteiger partial charge is 0.326 e. The van der Waals surface area contributed by atoms with E-state index in [9.17, 15) is 0 Å². The third kappa shape index (κ3) is 6.30. The molecule has 3 atom stereocenters. The van der Waals surface area contributed by atoms with Crippen LogP contribution < -0.4 is 15.1 Å². The van der Waals surface area contributed by atoms with Crippen LogP contribution in [-0.2, 0) is 23.5 Å². The van der Waals surface area contributed by atoms with Gasteiger partial charge >= 0.3 is 11.9 Å². The standard InChI is InChI=1S/C54H68O6Si/c1-52(2,3)61(44-13-7-5-8-14-44,45-15-9-6-10-16-45)60-54-22-12-11-17-47(54)46(38-18-20-43(57-4)21-19-38)33-53(54,50(55)58-48-39-25-34-23-35(27-39)28-40(48)26-34)51(56)59-49-41-29-36-24-37(31-41)32-42(49)30-36/h5-10,13-16,18-21,34-37,39-42,46-49H,11-12,17,22-33H2,1-4H3. The van der Waals surface area contributed by atoms with Gasteiger partial charge in [-0.2, -0.15) is 0 Å². The summed E-state index contributed by atoms with van der Waals surface area (Å²) in [6.07, 6.45) is 15.2. The van der Waals surface area contributed by atoms with Crippen LogP contribution in [0.5, 0.6) is 5.75 Å². The zero-order chi connectivity index (χ0) is 41.7. The van der Waals surface area contributed by atoms with Crippen LogP contribution in [0.15, 0.2) is 84.9 Å². The zero-order valence-electron chi connectivity index (χ0n) is 37.1. The maximum atomic E-state index is 16.5. The molecule has 10 saturated carbocycles. The van der Waals surface area contributed by atoms with Crippen LogP contribution in [0.4, 0.5) is 0 Å². The highest BCUT2D eigenvalue weighted by Gasteiger charge is 2.77. The molecule has 8 bridgehead atoms. The highest BCUT2D eigenvalue weighted by molar-refractivity contribution is 6.99. The average Bonchev–Trinajstić information content (AvgIpc) is 3.56. The van der Waals surface area contributed by atoms with Gasteiger partial charge < -0.3 is 18.6 Å². The zero-order valence-corrected chi connectivity index (χ0v) is 38.1. The minimum atomic E-state index is -3.35. The van der Waals surface area contributed by atoms with Gasteiger partial charge in [0.25, 0.3) is 8.32 Å². The number of esters is 2. The van der Waals surface area contributed by atoms with Gasteiger partial charge in [0.05, 0.1) is 12.7 Å². The molecule has 61 heavy (non-hydrogen) atoms. The Morgan fingerprint density at radius 1 is 0.607 bits per heavy atom. The molecule has 0 amide bonds. The van der Waals surface area contributed by atoms with Gasteiger partial charge in [-0.3, -0.25) is 9.59 Å². The van der Waals surface area contributed by atoms with E-state index in [1.54, 1.807) is 7.11 Å². The molecule has 10 fully saturated rings. The van der Waals surface area contributed by atoms with Crippen LogP contribution in [0.3, 0.4) is 0 Å². The van der Waals surface area contributed by atoms with E-state index >= 15 is 9.59 Å². The fourth-order valence-electron chi connectivity index (χ4n) is 16.4. The summed E-state index contributed by atoms with van der Waals surface area (Å²) in [5.41, 5.74) is -1.67. The van der Waals surface area contributed by atoms with E-state index in [-0.39, 0.29) is 41.0 Å². The summed E-state index contributed by atoms with van der Waals surface area (Å²) in [5, 5.41) is 1.96. The number of hydrogen-bond acceptors (Lipinski definition) is 6. The maximum absolute atomic E-state index is 16.5. The van der Waals surface area contributed by atoms with Crippen LogP contribution in [-0.4, -0.2) is 45.2 Å². The molecule has 0 N–H and O–H groups in total. The lowest BCUT2D eigenvalue weighted by Gasteiger charge is -2.58. The first-order chi connectivity index (χ1) is 29.5.